The summed E-state index contributed by atoms with van der Waals surface area (Å²) in [5, 5.41) is 9.13. The summed E-state index contributed by atoms with van der Waals surface area (Å²) in [4.78, 5) is 11.1. The number of aryl methyl sites for hydroxylation is 2. The van der Waals surface area contributed by atoms with Gasteiger partial charge in [-0.2, -0.15) is 0 Å². The summed E-state index contributed by atoms with van der Waals surface area (Å²) >= 11 is 0. The zero-order chi connectivity index (χ0) is 13.8. The first-order chi connectivity index (χ1) is 9.08. The zero-order valence-electron chi connectivity index (χ0n) is 11.3. The van der Waals surface area contributed by atoms with Crippen LogP contribution in [0.1, 0.15) is 34.6 Å². The molecular weight excluding hydrogens is 236 g/mol. The number of benzene rings is 2. The van der Waals surface area contributed by atoms with Gasteiger partial charge in [0.15, 0.2) is 0 Å². The van der Waals surface area contributed by atoms with Gasteiger partial charge < -0.3 is 5.11 Å². The highest BCUT2D eigenvalue weighted by molar-refractivity contribution is 5.69. The topological polar surface area (TPSA) is 37.3 Å². The number of carboxylic acids is 1. The Balaban J connectivity index is 2.42. The molecule has 0 bridgehead atoms. The van der Waals surface area contributed by atoms with Crippen LogP contribution in [0.2, 0.25) is 0 Å². The number of carboxylic acid groups (broad SMARTS) is 1. The number of hydrogen-bond donors (Lipinski definition) is 1. The molecule has 2 aromatic rings. The Morgan fingerprint density at radius 3 is 2.26 bits per heavy atom. The molecule has 2 heteroatoms. The average molecular weight is 254 g/mol. The molecule has 0 saturated heterocycles. The van der Waals surface area contributed by atoms with E-state index in [9.17, 15) is 4.79 Å². The minimum absolute atomic E-state index is 0.0852. The molecule has 1 atom stereocenters. The Morgan fingerprint density at radius 2 is 1.68 bits per heavy atom. The summed E-state index contributed by atoms with van der Waals surface area (Å²) in [7, 11) is 0. The minimum Gasteiger partial charge on any atom is -0.481 e. The summed E-state index contributed by atoms with van der Waals surface area (Å²) in [6.07, 6.45) is 0.118. The van der Waals surface area contributed by atoms with Crippen molar-refractivity contribution in [1.82, 2.24) is 0 Å². The Hall–Kier alpha value is -2.09. The van der Waals surface area contributed by atoms with Crippen LogP contribution in [0, 0.1) is 13.8 Å². The second kappa shape index (κ2) is 5.70. The smallest absolute Gasteiger partial charge is 0.304 e. The highest BCUT2D eigenvalue weighted by Crippen LogP contribution is 2.29. The lowest BCUT2D eigenvalue weighted by molar-refractivity contribution is -0.137. The second-order valence-corrected chi connectivity index (χ2v) is 4.90. The van der Waals surface area contributed by atoms with Crippen LogP contribution in [0.5, 0.6) is 0 Å². The lowest BCUT2D eigenvalue weighted by Gasteiger charge is -2.17. The molecule has 0 radical (unpaired) electrons. The van der Waals surface area contributed by atoms with E-state index in [1.807, 2.05) is 36.4 Å². The highest BCUT2D eigenvalue weighted by atomic mass is 16.4. The molecule has 0 aliphatic carbocycles. The summed E-state index contributed by atoms with van der Waals surface area (Å²) in [5.74, 6) is -0.856. The third-order valence-electron chi connectivity index (χ3n) is 3.51. The molecule has 1 unspecified atom stereocenters. The van der Waals surface area contributed by atoms with Crippen LogP contribution in [-0.2, 0) is 4.79 Å². The van der Waals surface area contributed by atoms with Crippen molar-refractivity contribution in [3.8, 4) is 0 Å². The first kappa shape index (κ1) is 13.3. The van der Waals surface area contributed by atoms with E-state index < -0.39 is 5.97 Å². The molecule has 2 rings (SSSR count). The number of carbonyl (C=O) groups is 1. The van der Waals surface area contributed by atoms with E-state index in [0.29, 0.717) is 0 Å². The van der Waals surface area contributed by atoms with Gasteiger partial charge in [0.05, 0.1) is 6.42 Å². The fourth-order valence-electron chi connectivity index (χ4n) is 2.27. The first-order valence-corrected chi connectivity index (χ1v) is 6.42. The molecular formula is C17H18O2. The van der Waals surface area contributed by atoms with Gasteiger partial charge in [0.25, 0.3) is 0 Å². The van der Waals surface area contributed by atoms with E-state index in [1.54, 1.807) is 0 Å². The van der Waals surface area contributed by atoms with Crippen molar-refractivity contribution in [1.29, 1.82) is 0 Å². The third-order valence-corrected chi connectivity index (χ3v) is 3.51. The predicted molar refractivity (Wildman–Crippen MR) is 76.5 cm³/mol. The Morgan fingerprint density at radius 1 is 1.00 bits per heavy atom. The van der Waals surface area contributed by atoms with Crippen molar-refractivity contribution in [2.45, 2.75) is 26.2 Å². The van der Waals surface area contributed by atoms with E-state index in [0.717, 1.165) is 11.1 Å². The Bertz CT molecular complexity index is 573. The van der Waals surface area contributed by atoms with Gasteiger partial charge in [0, 0.05) is 5.92 Å². The lowest BCUT2D eigenvalue weighted by Crippen LogP contribution is -2.08. The van der Waals surface area contributed by atoms with Crippen LogP contribution in [0.3, 0.4) is 0 Å². The van der Waals surface area contributed by atoms with Gasteiger partial charge >= 0.3 is 5.97 Å². The highest BCUT2D eigenvalue weighted by Gasteiger charge is 2.17. The van der Waals surface area contributed by atoms with Crippen LogP contribution in [0.25, 0.3) is 0 Å². The normalized spacial score (nSPS) is 12.1. The van der Waals surface area contributed by atoms with Gasteiger partial charge in [-0.15, -0.1) is 0 Å². The number of hydrogen-bond acceptors (Lipinski definition) is 1. The van der Waals surface area contributed by atoms with E-state index in [2.05, 4.69) is 26.0 Å². The molecule has 0 aliphatic rings. The van der Waals surface area contributed by atoms with Crippen molar-refractivity contribution >= 4 is 5.97 Å². The number of rotatable bonds is 4. The van der Waals surface area contributed by atoms with E-state index in [-0.39, 0.29) is 12.3 Å². The maximum Gasteiger partial charge on any atom is 0.304 e. The molecule has 1 N–H and O–H groups in total. The molecule has 0 aliphatic heterocycles. The minimum atomic E-state index is -0.771. The molecule has 2 aromatic carbocycles. The fourth-order valence-corrected chi connectivity index (χ4v) is 2.27. The molecule has 0 saturated carbocycles. The molecule has 0 fully saturated rings. The van der Waals surface area contributed by atoms with Gasteiger partial charge in [-0.1, -0.05) is 48.5 Å². The fraction of sp³-hybridized carbons (Fsp3) is 0.235. The van der Waals surface area contributed by atoms with Gasteiger partial charge in [-0.3, -0.25) is 4.79 Å². The standard InChI is InChI=1S/C17H18O2/c1-12-8-9-15(10-13(12)2)16(11-17(18)19)14-6-4-3-5-7-14/h3-10,16H,11H2,1-2H3,(H,18,19). The predicted octanol–water partition coefficient (Wildman–Crippen LogP) is 3.91. The summed E-state index contributed by atoms with van der Waals surface area (Å²) in [6, 6.07) is 16.0. The number of aliphatic carboxylic acids is 1. The molecule has 0 heterocycles. The third kappa shape index (κ3) is 3.22. The molecule has 0 spiro atoms. The van der Waals surface area contributed by atoms with Crippen molar-refractivity contribution in [2.24, 2.45) is 0 Å². The molecule has 0 amide bonds. The van der Waals surface area contributed by atoms with Gasteiger partial charge in [0.2, 0.25) is 0 Å². The van der Waals surface area contributed by atoms with Crippen LogP contribution in [-0.4, -0.2) is 11.1 Å². The largest absolute Gasteiger partial charge is 0.481 e. The van der Waals surface area contributed by atoms with Gasteiger partial charge in [0.1, 0.15) is 0 Å². The average Bonchev–Trinajstić information content (AvgIpc) is 2.40. The molecule has 19 heavy (non-hydrogen) atoms. The molecule has 0 aromatic heterocycles. The summed E-state index contributed by atoms with van der Waals surface area (Å²) < 4.78 is 0. The monoisotopic (exact) mass is 254 g/mol. The Labute approximate surface area is 113 Å². The van der Waals surface area contributed by atoms with Gasteiger partial charge in [-0.25, -0.2) is 0 Å². The zero-order valence-corrected chi connectivity index (χ0v) is 11.3. The van der Waals surface area contributed by atoms with Crippen molar-refractivity contribution < 1.29 is 9.90 Å². The molecule has 2 nitrogen and oxygen atoms in total. The van der Waals surface area contributed by atoms with Crippen molar-refractivity contribution in [3.63, 3.8) is 0 Å². The summed E-state index contributed by atoms with van der Waals surface area (Å²) in [5.41, 5.74) is 4.54. The van der Waals surface area contributed by atoms with Crippen LogP contribution in [0.15, 0.2) is 48.5 Å². The van der Waals surface area contributed by atoms with E-state index in [1.165, 1.54) is 11.1 Å². The summed E-state index contributed by atoms with van der Waals surface area (Å²) in [6.45, 7) is 4.12. The van der Waals surface area contributed by atoms with Gasteiger partial charge in [-0.05, 0) is 36.1 Å². The molecule has 98 valence electrons. The van der Waals surface area contributed by atoms with E-state index >= 15 is 0 Å². The van der Waals surface area contributed by atoms with Crippen LogP contribution < -0.4 is 0 Å². The second-order valence-electron chi connectivity index (χ2n) is 4.90. The van der Waals surface area contributed by atoms with Crippen molar-refractivity contribution in [2.75, 3.05) is 0 Å². The maximum atomic E-state index is 11.1. The first-order valence-electron chi connectivity index (χ1n) is 6.42. The van der Waals surface area contributed by atoms with E-state index in [4.69, 9.17) is 5.11 Å². The van der Waals surface area contributed by atoms with Crippen LogP contribution in [0.4, 0.5) is 0 Å². The lowest BCUT2D eigenvalue weighted by atomic mass is 9.87. The quantitative estimate of drug-likeness (QED) is 0.898. The van der Waals surface area contributed by atoms with Crippen molar-refractivity contribution in [3.05, 3.63) is 70.8 Å². The SMILES string of the molecule is Cc1ccc(C(CC(=O)O)c2ccccc2)cc1C. The maximum absolute atomic E-state index is 11.1. The Kier molecular flexibility index (Phi) is 4.00. The van der Waals surface area contributed by atoms with Crippen LogP contribution >= 0.6 is 0 Å².